The van der Waals surface area contributed by atoms with Crippen molar-refractivity contribution in [2.75, 3.05) is 11.6 Å². The van der Waals surface area contributed by atoms with Gasteiger partial charge in [0.25, 0.3) is 0 Å². The third-order valence-corrected chi connectivity index (χ3v) is 3.43. The lowest BCUT2D eigenvalue weighted by Gasteiger charge is -2.06. The predicted octanol–water partition coefficient (Wildman–Crippen LogP) is 4.20. The molecule has 1 aromatic heterocycles. The Kier molecular flexibility index (Phi) is 4.47. The smallest absolute Gasteiger partial charge is 0.190 e. The van der Waals surface area contributed by atoms with E-state index < -0.39 is 0 Å². The molecule has 88 valence electrons. The summed E-state index contributed by atoms with van der Waals surface area (Å²) in [4.78, 5) is 8.41. The van der Waals surface area contributed by atoms with Crippen LogP contribution >= 0.6 is 46.0 Å². The van der Waals surface area contributed by atoms with Crippen molar-refractivity contribution >= 4 is 57.5 Å². The monoisotopic (exact) mass is 377 g/mol. The Balaban J connectivity index is 2.23. The third-order valence-electron chi connectivity index (χ3n) is 1.97. The van der Waals surface area contributed by atoms with E-state index in [1.54, 1.807) is 6.07 Å². The van der Waals surface area contributed by atoms with Crippen LogP contribution in [0.4, 0.5) is 11.5 Å². The summed E-state index contributed by atoms with van der Waals surface area (Å²) in [6.07, 6.45) is 1.92. The first-order chi connectivity index (χ1) is 8.17. The van der Waals surface area contributed by atoms with Crippen molar-refractivity contribution in [2.24, 2.45) is 0 Å². The summed E-state index contributed by atoms with van der Waals surface area (Å²) in [7, 11) is 0. The lowest BCUT2D eigenvalue weighted by atomic mass is 10.3. The van der Waals surface area contributed by atoms with E-state index >= 15 is 0 Å². The number of nitrogens with one attached hydrogen (secondary N) is 1. The number of halogens is 2. The first-order valence-corrected chi connectivity index (χ1v) is 7.46. The van der Waals surface area contributed by atoms with Crippen LogP contribution in [0.25, 0.3) is 0 Å². The number of thioether (sulfide) groups is 1. The fraction of sp³-hybridized carbons (Fsp3) is 0.0909. The van der Waals surface area contributed by atoms with Crippen LogP contribution in [0.2, 0.25) is 5.15 Å². The van der Waals surface area contributed by atoms with Gasteiger partial charge in [0.1, 0.15) is 11.0 Å². The molecule has 0 aliphatic rings. The maximum absolute atomic E-state index is 5.91. The van der Waals surface area contributed by atoms with Crippen molar-refractivity contribution in [2.45, 2.75) is 5.16 Å². The molecule has 1 N–H and O–H groups in total. The Labute approximate surface area is 123 Å². The highest BCUT2D eigenvalue weighted by atomic mass is 127. The summed E-state index contributed by atoms with van der Waals surface area (Å²) in [6.45, 7) is 0. The minimum Gasteiger partial charge on any atom is -0.340 e. The predicted molar refractivity (Wildman–Crippen MR) is 81.3 cm³/mol. The van der Waals surface area contributed by atoms with Gasteiger partial charge in [-0.2, -0.15) is 0 Å². The summed E-state index contributed by atoms with van der Waals surface area (Å²) in [5.41, 5.74) is 0.979. The van der Waals surface area contributed by atoms with Crippen LogP contribution in [0.5, 0.6) is 0 Å². The Morgan fingerprint density at radius 2 is 1.94 bits per heavy atom. The minimum atomic E-state index is 0.442. The zero-order valence-corrected chi connectivity index (χ0v) is 12.7. The summed E-state index contributed by atoms with van der Waals surface area (Å²) in [6, 6.07) is 9.76. The van der Waals surface area contributed by atoms with Gasteiger partial charge in [0.05, 0.1) is 0 Å². The number of aromatic nitrogens is 2. The largest absolute Gasteiger partial charge is 0.340 e. The Morgan fingerprint density at radius 3 is 2.59 bits per heavy atom. The average molecular weight is 378 g/mol. The van der Waals surface area contributed by atoms with Gasteiger partial charge in [0.15, 0.2) is 5.16 Å². The molecule has 0 amide bonds. The number of benzene rings is 1. The van der Waals surface area contributed by atoms with Gasteiger partial charge in [0.2, 0.25) is 0 Å². The van der Waals surface area contributed by atoms with E-state index in [2.05, 4.69) is 37.9 Å². The van der Waals surface area contributed by atoms with Gasteiger partial charge in [-0.15, -0.1) is 0 Å². The molecule has 0 radical (unpaired) electrons. The highest BCUT2D eigenvalue weighted by Crippen LogP contribution is 2.21. The van der Waals surface area contributed by atoms with Gasteiger partial charge in [-0.3, -0.25) is 0 Å². The van der Waals surface area contributed by atoms with Gasteiger partial charge in [-0.25, -0.2) is 9.97 Å². The van der Waals surface area contributed by atoms with Crippen molar-refractivity contribution in [1.82, 2.24) is 9.97 Å². The SMILES string of the molecule is CSc1nc(Cl)cc(Nc2ccc(I)cc2)n1. The molecule has 2 rings (SSSR count). The van der Waals surface area contributed by atoms with E-state index in [9.17, 15) is 0 Å². The van der Waals surface area contributed by atoms with E-state index in [0.29, 0.717) is 16.1 Å². The summed E-state index contributed by atoms with van der Waals surface area (Å²) >= 11 is 9.64. The maximum Gasteiger partial charge on any atom is 0.190 e. The maximum atomic E-state index is 5.91. The Morgan fingerprint density at radius 1 is 1.24 bits per heavy atom. The van der Waals surface area contributed by atoms with Crippen molar-refractivity contribution < 1.29 is 0 Å². The fourth-order valence-corrected chi connectivity index (χ4v) is 2.21. The van der Waals surface area contributed by atoms with Gasteiger partial charge < -0.3 is 5.32 Å². The normalized spacial score (nSPS) is 10.3. The highest BCUT2D eigenvalue weighted by molar-refractivity contribution is 14.1. The van der Waals surface area contributed by atoms with Crippen molar-refractivity contribution in [1.29, 1.82) is 0 Å². The average Bonchev–Trinajstić information content (AvgIpc) is 2.31. The lowest BCUT2D eigenvalue weighted by molar-refractivity contribution is 0.976. The molecular formula is C11H9ClIN3S. The van der Waals surface area contributed by atoms with Gasteiger partial charge in [-0.05, 0) is 53.1 Å². The molecule has 0 saturated heterocycles. The minimum absolute atomic E-state index is 0.442. The van der Waals surface area contributed by atoms with E-state index in [1.807, 2.05) is 30.5 Å². The first kappa shape index (κ1) is 12.9. The molecule has 0 saturated carbocycles. The number of hydrogen-bond donors (Lipinski definition) is 1. The standard InChI is InChI=1S/C11H9ClIN3S/c1-17-11-15-9(12)6-10(16-11)14-8-4-2-7(13)3-5-8/h2-6H,1H3,(H,14,15,16). The Hall–Kier alpha value is -0.530. The van der Waals surface area contributed by atoms with Crippen LogP contribution in [-0.4, -0.2) is 16.2 Å². The lowest BCUT2D eigenvalue weighted by Crippen LogP contribution is -1.96. The molecule has 6 heteroatoms. The van der Waals surface area contributed by atoms with Gasteiger partial charge in [-0.1, -0.05) is 23.4 Å². The first-order valence-electron chi connectivity index (χ1n) is 4.78. The molecule has 0 bridgehead atoms. The topological polar surface area (TPSA) is 37.8 Å². The second kappa shape index (κ2) is 5.88. The Bertz CT molecular complexity index is 519. The second-order valence-corrected chi connectivity index (χ2v) is 5.60. The van der Waals surface area contributed by atoms with Crippen LogP contribution in [-0.2, 0) is 0 Å². The van der Waals surface area contributed by atoms with Crippen LogP contribution in [0.1, 0.15) is 0 Å². The van der Waals surface area contributed by atoms with Crippen LogP contribution in [0.15, 0.2) is 35.5 Å². The van der Waals surface area contributed by atoms with E-state index in [-0.39, 0.29) is 0 Å². The molecule has 0 fully saturated rings. The number of hydrogen-bond acceptors (Lipinski definition) is 4. The van der Waals surface area contributed by atoms with Crippen LogP contribution < -0.4 is 5.32 Å². The molecule has 0 unspecified atom stereocenters. The summed E-state index contributed by atoms with van der Waals surface area (Å²) < 4.78 is 1.19. The van der Waals surface area contributed by atoms with E-state index in [1.165, 1.54) is 15.3 Å². The van der Waals surface area contributed by atoms with Gasteiger partial charge in [0, 0.05) is 15.3 Å². The highest BCUT2D eigenvalue weighted by Gasteiger charge is 2.02. The number of anilines is 2. The summed E-state index contributed by atoms with van der Waals surface area (Å²) in [5.74, 6) is 0.704. The van der Waals surface area contributed by atoms with Crippen molar-refractivity contribution in [3.63, 3.8) is 0 Å². The number of nitrogens with zero attached hydrogens (tertiary/aromatic N) is 2. The third kappa shape index (κ3) is 3.72. The molecule has 1 aromatic carbocycles. The zero-order chi connectivity index (χ0) is 12.3. The number of rotatable bonds is 3. The molecule has 0 aliphatic heterocycles. The molecule has 17 heavy (non-hydrogen) atoms. The molecule has 0 atom stereocenters. The molecular weight excluding hydrogens is 369 g/mol. The van der Waals surface area contributed by atoms with Crippen LogP contribution in [0, 0.1) is 3.57 Å². The van der Waals surface area contributed by atoms with Crippen molar-refractivity contribution in [3.8, 4) is 0 Å². The zero-order valence-electron chi connectivity index (χ0n) is 8.95. The molecule has 3 nitrogen and oxygen atoms in total. The van der Waals surface area contributed by atoms with Gasteiger partial charge >= 0.3 is 0 Å². The van der Waals surface area contributed by atoms with Crippen molar-refractivity contribution in [3.05, 3.63) is 39.1 Å². The molecule has 1 heterocycles. The quantitative estimate of drug-likeness (QED) is 0.376. The van der Waals surface area contributed by atoms with Crippen LogP contribution in [0.3, 0.4) is 0 Å². The van der Waals surface area contributed by atoms with E-state index in [0.717, 1.165) is 5.69 Å². The second-order valence-electron chi connectivity index (χ2n) is 3.19. The molecule has 0 spiro atoms. The fourth-order valence-electron chi connectivity index (χ4n) is 1.23. The van der Waals surface area contributed by atoms with E-state index in [4.69, 9.17) is 11.6 Å². The molecule has 0 aliphatic carbocycles. The molecule has 2 aromatic rings. The summed E-state index contributed by atoms with van der Waals surface area (Å²) in [5, 5.41) is 4.29.